The van der Waals surface area contributed by atoms with Gasteiger partial charge in [0, 0.05) is 6.54 Å². The first kappa shape index (κ1) is 32.7. The zero-order valence-electron chi connectivity index (χ0n) is 27.2. The molecule has 10 atom stereocenters. The highest BCUT2D eigenvalue weighted by Gasteiger charge is 2.64. The van der Waals surface area contributed by atoms with Gasteiger partial charge in [0.25, 0.3) is 10.0 Å². The number of urea groups is 1. The Labute approximate surface area is 260 Å². The molecule has 8 heteroatoms. The van der Waals surface area contributed by atoms with Crippen LogP contribution < -0.4 is 10.0 Å². The Bertz CT molecular complexity index is 1260. The van der Waals surface area contributed by atoms with Crippen LogP contribution in [0, 0.1) is 46.3 Å². The molecule has 4 fully saturated rings. The van der Waals surface area contributed by atoms with E-state index < -0.39 is 16.1 Å². The summed E-state index contributed by atoms with van der Waals surface area (Å²) in [4.78, 5) is 12.6. The second-order valence-electron chi connectivity index (χ2n) is 16.0. The Morgan fingerprint density at radius 3 is 2.26 bits per heavy atom. The topological polar surface area (TPSA) is 116 Å². The molecule has 242 valence electrons. The van der Waals surface area contributed by atoms with Gasteiger partial charge in [0.2, 0.25) is 0 Å². The van der Waals surface area contributed by atoms with E-state index in [4.69, 9.17) is 0 Å². The van der Waals surface area contributed by atoms with Crippen LogP contribution in [0.4, 0.5) is 4.79 Å². The molecule has 0 saturated heterocycles. The number of hydrogen-bond acceptors (Lipinski definition) is 5. The van der Waals surface area contributed by atoms with Crippen LogP contribution in [0.3, 0.4) is 0 Å². The van der Waals surface area contributed by atoms with Gasteiger partial charge in [-0.2, -0.15) is 0 Å². The number of rotatable bonds is 7. The summed E-state index contributed by atoms with van der Waals surface area (Å²) in [6.07, 6.45) is 9.67. The Balaban J connectivity index is 1.16. The maximum Gasteiger partial charge on any atom is 0.328 e. The van der Waals surface area contributed by atoms with Crippen molar-refractivity contribution in [1.82, 2.24) is 10.0 Å². The third-order valence-electron chi connectivity index (χ3n) is 12.9. The van der Waals surface area contributed by atoms with Gasteiger partial charge in [-0.25, -0.2) is 17.9 Å². The summed E-state index contributed by atoms with van der Waals surface area (Å²) in [6, 6.07) is 6.00. The molecule has 7 nitrogen and oxygen atoms in total. The van der Waals surface area contributed by atoms with Crippen LogP contribution >= 0.6 is 0 Å². The first-order chi connectivity index (χ1) is 20.1. The van der Waals surface area contributed by atoms with Crippen molar-refractivity contribution in [3.63, 3.8) is 0 Å². The Morgan fingerprint density at radius 1 is 0.953 bits per heavy atom. The van der Waals surface area contributed by atoms with Crippen LogP contribution in [0.15, 0.2) is 29.2 Å². The SMILES string of the molecule is CC[C@H]1[C@@H](O)[C@@H]2[C@H](CC[C@]3(C)[C@@H](CCCNC(=O)NS(=O)(=O)c4ccc(C(C)(C)C)cc4)CC[C@@H]23)[C@@]2(C)CC[C@@H](O)C[C@@H]12. The number of carbonyl (C=O) groups is 1. The molecule has 0 spiro atoms. The number of aliphatic hydroxyl groups is 2. The molecule has 4 aliphatic rings. The maximum absolute atomic E-state index is 12.8. The summed E-state index contributed by atoms with van der Waals surface area (Å²) in [5.41, 5.74) is 1.33. The average molecular weight is 617 g/mol. The van der Waals surface area contributed by atoms with Gasteiger partial charge in [0.15, 0.2) is 0 Å². The fourth-order valence-electron chi connectivity index (χ4n) is 10.4. The van der Waals surface area contributed by atoms with E-state index in [1.807, 2.05) is 0 Å². The molecule has 4 saturated carbocycles. The van der Waals surface area contributed by atoms with Crippen molar-refractivity contribution in [1.29, 1.82) is 0 Å². The molecule has 0 heterocycles. The van der Waals surface area contributed by atoms with Crippen LogP contribution in [-0.2, 0) is 15.4 Å². The highest BCUT2D eigenvalue weighted by molar-refractivity contribution is 7.90. The third kappa shape index (κ3) is 6.02. The lowest BCUT2D eigenvalue weighted by atomic mass is 9.41. The number of aliphatic hydroxyl groups excluding tert-OH is 2. The summed E-state index contributed by atoms with van der Waals surface area (Å²) < 4.78 is 27.7. The highest BCUT2D eigenvalue weighted by atomic mass is 32.2. The monoisotopic (exact) mass is 616 g/mol. The van der Waals surface area contributed by atoms with Gasteiger partial charge in [0.1, 0.15) is 0 Å². The normalized spacial score (nSPS) is 39.3. The quantitative estimate of drug-likeness (QED) is 0.266. The summed E-state index contributed by atoms with van der Waals surface area (Å²) >= 11 is 0. The molecule has 1 aromatic rings. The lowest BCUT2D eigenvalue weighted by Crippen LogP contribution is -2.62. The second-order valence-corrected chi connectivity index (χ2v) is 17.7. The molecule has 43 heavy (non-hydrogen) atoms. The number of carbonyl (C=O) groups excluding carboxylic acids is 1. The molecule has 0 radical (unpaired) electrons. The number of benzene rings is 1. The molecule has 0 aliphatic heterocycles. The highest BCUT2D eigenvalue weighted by Crippen LogP contribution is 2.69. The van der Waals surface area contributed by atoms with Gasteiger partial charge in [-0.15, -0.1) is 0 Å². The van der Waals surface area contributed by atoms with Gasteiger partial charge in [0.05, 0.1) is 17.1 Å². The van der Waals surface area contributed by atoms with Gasteiger partial charge in [-0.05, 0) is 127 Å². The minimum atomic E-state index is -3.94. The summed E-state index contributed by atoms with van der Waals surface area (Å²) in [5, 5.41) is 25.2. The predicted octanol–water partition coefficient (Wildman–Crippen LogP) is 6.38. The average Bonchev–Trinajstić information content (AvgIpc) is 3.27. The predicted molar refractivity (Wildman–Crippen MR) is 170 cm³/mol. The smallest absolute Gasteiger partial charge is 0.328 e. The summed E-state index contributed by atoms with van der Waals surface area (Å²) in [6.45, 7) is 13.8. The van der Waals surface area contributed by atoms with Gasteiger partial charge < -0.3 is 15.5 Å². The lowest BCUT2D eigenvalue weighted by Gasteiger charge is -2.64. The fourth-order valence-corrected chi connectivity index (χ4v) is 11.4. The summed E-state index contributed by atoms with van der Waals surface area (Å²) in [7, 11) is -3.94. The molecule has 0 unspecified atom stereocenters. The van der Waals surface area contributed by atoms with Crippen LogP contribution in [0.5, 0.6) is 0 Å². The van der Waals surface area contributed by atoms with Crippen LogP contribution in [0.2, 0.25) is 0 Å². The minimum absolute atomic E-state index is 0.0796. The van der Waals surface area contributed by atoms with Crippen LogP contribution in [0.25, 0.3) is 0 Å². The molecular weight excluding hydrogens is 560 g/mol. The van der Waals surface area contributed by atoms with E-state index in [-0.39, 0.29) is 39.3 Å². The van der Waals surface area contributed by atoms with E-state index >= 15 is 0 Å². The van der Waals surface area contributed by atoms with Gasteiger partial charge in [-0.3, -0.25) is 0 Å². The van der Waals surface area contributed by atoms with Crippen LogP contribution in [-0.4, -0.2) is 43.4 Å². The molecule has 1 aromatic carbocycles. The first-order valence-corrected chi connectivity index (χ1v) is 18.4. The van der Waals surface area contributed by atoms with E-state index in [0.717, 1.165) is 63.4 Å². The van der Waals surface area contributed by atoms with E-state index in [0.29, 0.717) is 36.1 Å². The standard InChI is InChI=1S/C35H56N2O5S/c1-7-26-29-21-24(38)16-18-35(29,6)28-17-19-34(5)23(12-15-27(34)30(28)31(26)39)9-8-20-36-32(40)37-43(41,42)25-13-10-22(11-14-25)33(2,3)4/h10-11,13-14,23-24,26-31,38-39H,7-9,12,15-21H2,1-6H3,(H2,36,37,40)/t23-,24+,26+,27-,28-,29-,30-,31+,34+,35+/m0/s1. The Hall–Kier alpha value is -1.64. The molecular formula is C35H56N2O5S. The first-order valence-electron chi connectivity index (χ1n) is 16.9. The second kappa shape index (κ2) is 11.9. The number of sulfonamides is 1. The molecule has 0 bridgehead atoms. The largest absolute Gasteiger partial charge is 0.393 e. The van der Waals surface area contributed by atoms with E-state index in [9.17, 15) is 23.4 Å². The van der Waals surface area contributed by atoms with E-state index in [1.54, 1.807) is 24.3 Å². The van der Waals surface area contributed by atoms with E-state index in [2.05, 4.69) is 51.6 Å². The van der Waals surface area contributed by atoms with Gasteiger partial charge in [-0.1, -0.05) is 60.1 Å². The van der Waals surface area contributed by atoms with Crippen molar-refractivity contribution in [2.45, 2.75) is 128 Å². The zero-order chi connectivity index (χ0) is 31.4. The van der Waals surface area contributed by atoms with Crippen molar-refractivity contribution >= 4 is 16.1 Å². The van der Waals surface area contributed by atoms with Crippen molar-refractivity contribution in [3.8, 4) is 0 Å². The number of nitrogens with one attached hydrogen (secondary N) is 2. The molecule has 4 N–H and O–H groups in total. The van der Waals surface area contributed by atoms with Gasteiger partial charge >= 0.3 is 6.03 Å². The Morgan fingerprint density at radius 2 is 1.60 bits per heavy atom. The number of hydrogen-bond donors (Lipinski definition) is 4. The van der Waals surface area contributed by atoms with Crippen molar-refractivity contribution < 1.29 is 23.4 Å². The molecule has 0 aromatic heterocycles. The lowest BCUT2D eigenvalue weighted by molar-refractivity contribution is -0.202. The number of fused-ring (bicyclic) bond motifs is 5. The van der Waals surface area contributed by atoms with Crippen molar-refractivity contribution in [3.05, 3.63) is 29.8 Å². The van der Waals surface area contributed by atoms with E-state index in [1.165, 1.54) is 6.42 Å². The maximum atomic E-state index is 12.8. The fraction of sp³-hybridized carbons (Fsp3) is 0.800. The summed E-state index contributed by atoms with van der Waals surface area (Å²) in [5.74, 6) is 2.57. The molecule has 4 aliphatic carbocycles. The zero-order valence-corrected chi connectivity index (χ0v) is 28.1. The molecule has 2 amide bonds. The Kier molecular flexibility index (Phi) is 9.09. The van der Waals surface area contributed by atoms with Crippen molar-refractivity contribution in [2.24, 2.45) is 46.3 Å². The van der Waals surface area contributed by atoms with Crippen LogP contribution in [0.1, 0.15) is 111 Å². The number of amides is 2. The third-order valence-corrected chi connectivity index (χ3v) is 14.2. The minimum Gasteiger partial charge on any atom is -0.393 e. The van der Waals surface area contributed by atoms with Crippen molar-refractivity contribution in [2.75, 3.05) is 6.54 Å². The molecule has 5 rings (SSSR count).